The Morgan fingerprint density at radius 1 is 0.857 bits per heavy atom. The molecule has 2 aromatic rings. The zero-order valence-electron chi connectivity index (χ0n) is 12.9. The van der Waals surface area contributed by atoms with E-state index in [0.29, 0.717) is 11.8 Å². The van der Waals surface area contributed by atoms with Gasteiger partial charge in [-0.3, -0.25) is 0 Å². The van der Waals surface area contributed by atoms with E-state index in [-0.39, 0.29) is 0 Å². The van der Waals surface area contributed by atoms with Crippen LogP contribution in [-0.4, -0.2) is 6.54 Å². The molecule has 0 fully saturated rings. The second-order valence-electron chi connectivity index (χ2n) is 6.03. The molecule has 0 bridgehead atoms. The third-order valence-corrected chi connectivity index (χ3v) is 4.47. The average Bonchev–Trinajstić information content (AvgIpc) is 2.49. The normalized spacial score (nSPS) is 12.6. The van der Waals surface area contributed by atoms with Gasteiger partial charge >= 0.3 is 0 Å². The molecule has 0 aliphatic heterocycles. The maximum Gasteiger partial charge on any atom is 0.0175 e. The molecule has 0 radical (unpaired) electrons. The molecule has 2 heteroatoms. The number of halogens is 1. The molecule has 1 unspecified atom stereocenters. The molecule has 0 heterocycles. The molecule has 0 saturated carbocycles. The fourth-order valence-corrected chi connectivity index (χ4v) is 2.83. The van der Waals surface area contributed by atoms with Gasteiger partial charge in [0.05, 0.1) is 0 Å². The van der Waals surface area contributed by atoms with E-state index in [1.54, 1.807) is 0 Å². The second-order valence-corrected chi connectivity index (χ2v) is 6.95. The van der Waals surface area contributed by atoms with Gasteiger partial charge in [-0.2, -0.15) is 0 Å². The van der Waals surface area contributed by atoms with Crippen molar-refractivity contribution in [2.45, 2.75) is 32.6 Å². The Hall–Kier alpha value is -1.12. The van der Waals surface area contributed by atoms with E-state index < -0.39 is 0 Å². The van der Waals surface area contributed by atoms with Crippen molar-refractivity contribution in [3.8, 4) is 0 Å². The molecule has 2 N–H and O–H groups in total. The first kappa shape index (κ1) is 16.3. The van der Waals surface area contributed by atoms with E-state index in [1.165, 1.54) is 16.7 Å². The lowest BCUT2D eigenvalue weighted by Crippen LogP contribution is -2.19. The smallest absolute Gasteiger partial charge is 0.0175 e. The molecule has 0 amide bonds. The Labute approximate surface area is 136 Å². The van der Waals surface area contributed by atoms with Crippen LogP contribution in [0.1, 0.15) is 36.5 Å². The summed E-state index contributed by atoms with van der Waals surface area (Å²) in [6.45, 7) is 5.18. The maximum atomic E-state index is 5.97. The van der Waals surface area contributed by atoms with Crippen molar-refractivity contribution in [2.75, 3.05) is 6.54 Å². The first-order chi connectivity index (χ1) is 10.1. The lowest BCUT2D eigenvalue weighted by Gasteiger charge is -2.16. The fraction of sp³-hybridized carbons (Fsp3) is 0.368. The molecule has 112 valence electrons. The number of benzene rings is 2. The molecule has 0 saturated heterocycles. The van der Waals surface area contributed by atoms with Crippen LogP contribution < -0.4 is 5.73 Å². The predicted molar refractivity (Wildman–Crippen MR) is 94.6 cm³/mol. The van der Waals surface area contributed by atoms with Gasteiger partial charge in [0.1, 0.15) is 0 Å². The summed E-state index contributed by atoms with van der Waals surface area (Å²) in [4.78, 5) is 0. The van der Waals surface area contributed by atoms with E-state index in [0.717, 1.165) is 23.9 Å². The number of hydrogen-bond donors (Lipinski definition) is 1. The third kappa shape index (κ3) is 4.98. The van der Waals surface area contributed by atoms with Crippen molar-refractivity contribution in [1.29, 1.82) is 0 Å². The summed E-state index contributed by atoms with van der Waals surface area (Å²) >= 11 is 3.48. The topological polar surface area (TPSA) is 26.0 Å². The largest absolute Gasteiger partial charge is 0.330 e. The number of hydrogen-bond acceptors (Lipinski definition) is 1. The summed E-state index contributed by atoms with van der Waals surface area (Å²) in [7, 11) is 0. The minimum Gasteiger partial charge on any atom is -0.330 e. The van der Waals surface area contributed by atoms with Crippen molar-refractivity contribution in [1.82, 2.24) is 0 Å². The molecular weight excluding hydrogens is 322 g/mol. The van der Waals surface area contributed by atoms with E-state index in [1.807, 2.05) is 0 Å². The second kappa shape index (κ2) is 7.77. The lowest BCUT2D eigenvalue weighted by molar-refractivity contribution is 0.533. The highest BCUT2D eigenvalue weighted by molar-refractivity contribution is 9.10. The summed E-state index contributed by atoms with van der Waals surface area (Å²) in [5, 5.41) is 0. The summed E-state index contributed by atoms with van der Waals surface area (Å²) in [6, 6.07) is 17.5. The molecule has 0 aromatic heterocycles. The Balaban J connectivity index is 1.99. The van der Waals surface area contributed by atoms with E-state index >= 15 is 0 Å². The highest BCUT2D eigenvalue weighted by Crippen LogP contribution is 2.19. The van der Waals surface area contributed by atoms with Gasteiger partial charge < -0.3 is 5.73 Å². The zero-order chi connectivity index (χ0) is 15.2. The molecular formula is C19H24BrN. The molecule has 21 heavy (non-hydrogen) atoms. The van der Waals surface area contributed by atoms with Gasteiger partial charge in [0.25, 0.3) is 0 Å². The standard InChI is InChI=1S/C19H24BrN/c1-14(2)18-7-3-15(4-8-18)11-17(13-21)12-16-5-9-19(20)10-6-16/h3-10,14,17H,11-13,21H2,1-2H3. The monoisotopic (exact) mass is 345 g/mol. The molecule has 2 rings (SSSR count). The fourth-order valence-electron chi connectivity index (χ4n) is 2.56. The van der Waals surface area contributed by atoms with Crippen molar-refractivity contribution < 1.29 is 0 Å². The average molecular weight is 346 g/mol. The van der Waals surface area contributed by atoms with Crippen LogP contribution in [0.4, 0.5) is 0 Å². The minimum atomic E-state index is 0.496. The quantitative estimate of drug-likeness (QED) is 0.788. The van der Waals surface area contributed by atoms with Crippen LogP contribution in [0.3, 0.4) is 0 Å². The van der Waals surface area contributed by atoms with Crippen LogP contribution in [0.15, 0.2) is 53.0 Å². The summed E-state index contributed by atoms with van der Waals surface area (Å²) < 4.78 is 1.12. The maximum absolute atomic E-state index is 5.97. The van der Waals surface area contributed by atoms with Gasteiger partial charge in [0, 0.05) is 4.47 Å². The van der Waals surface area contributed by atoms with Crippen LogP contribution in [0.25, 0.3) is 0 Å². The van der Waals surface area contributed by atoms with Crippen molar-refractivity contribution in [3.63, 3.8) is 0 Å². The van der Waals surface area contributed by atoms with Gasteiger partial charge in [-0.15, -0.1) is 0 Å². The van der Waals surface area contributed by atoms with Crippen molar-refractivity contribution >= 4 is 15.9 Å². The summed E-state index contributed by atoms with van der Waals surface area (Å²) in [5.41, 5.74) is 10.1. The van der Waals surface area contributed by atoms with Crippen LogP contribution in [-0.2, 0) is 12.8 Å². The zero-order valence-corrected chi connectivity index (χ0v) is 14.4. The Kier molecular flexibility index (Phi) is 6.01. The van der Waals surface area contributed by atoms with Crippen molar-refractivity contribution in [3.05, 3.63) is 69.7 Å². The van der Waals surface area contributed by atoms with Crippen LogP contribution in [0.2, 0.25) is 0 Å². The highest BCUT2D eigenvalue weighted by atomic mass is 79.9. The molecule has 0 aliphatic carbocycles. The van der Waals surface area contributed by atoms with Gasteiger partial charge in [-0.1, -0.05) is 66.2 Å². The molecule has 2 aromatic carbocycles. The van der Waals surface area contributed by atoms with Crippen LogP contribution in [0, 0.1) is 5.92 Å². The van der Waals surface area contributed by atoms with E-state index in [2.05, 4.69) is 78.3 Å². The Morgan fingerprint density at radius 2 is 1.33 bits per heavy atom. The van der Waals surface area contributed by atoms with E-state index in [4.69, 9.17) is 5.73 Å². The number of nitrogens with two attached hydrogens (primary N) is 1. The van der Waals surface area contributed by atoms with Gasteiger partial charge in [-0.25, -0.2) is 0 Å². The highest BCUT2D eigenvalue weighted by Gasteiger charge is 2.09. The van der Waals surface area contributed by atoms with Crippen LogP contribution >= 0.6 is 15.9 Å². The Morgan fingerprint density at radius 3 is 1.76 bits per heavy atom. The Bertz CT molecular complexity index is 543. The van der Waals surface area contributed by atoms with Crippen molar-refractivity contribution in [2.24, 2.45) is 11.7 Å². The summed E-state index contributed by atoms with van der Waals surface area (Å²) in [6.07, 6.45) is 2.08. The minimum absolute atomic E-state index is 0.496. The lowest BCUT2D eigenvalue weighted by atomic mass is 9.91. The summed E-state index contributed by atoms with van der Waals surface area (Å²) in [5.74, 6) is 1.09. The third-order valence-electron chi connectivity index (χ3n) is 3.94. The van der Waals surface area contributed by atoms with E-state index in [9.17, 15) is 0 Å². The van der Waals surface area contributed by atoms with Gasteiger partial charge in [-0.05, 0) is 60.0 Å². The van der Waals surface area contributed by atoms with Gasteiger partial charge in [0.15, 0.2) is 0 Å². The molecule has 0 spiro atoms. The predicted octanol–water partition coefficient (Wildman–Crippen LogP) is 4.93. The number of rotatable bonds is 6. The first-order valence-corrected chi connectivity index (χ1v) is 8.41. The SMILES string of the molecule is CC(C)c1ccc(CC(CN)Cc2ccc(Br)cc2)cc1. The van der Waals surface area contributed by atoms with Gasteiger partial charge in [0.2, 0.25) is 0 Å². The first-order valence-electron chi connectivity index (χ1n) is 7.62. The molecule has 1 atom stereocenters. The van der Waals surface area contributed by atoms with Crippen LogP contribution in [0.5, 0.6) is 0 Å². The molecule has 1 nitrogen and oxygen atoms in total. The molecule has 0 aliphatic rings.